The average Bonchev–Trinajstić information content (AvgIpc) is 3.53. The molecule has 3 heterocycles. The van der Waals surface area contributed by atoms with E-state index in [1.807, 2.05) is 61.0 Å². The topological polar surface area (TPSA) is 117 Å². The lowest BCUT2D eigenvalue weighted by molar-refractivity contribution is 0.101. The molecule has 0 atom stereocenters. The molecule has 0 unspecified atom stereocenters. The Morgan fingerprint density at radius 3 is 2.62 bits per heavy atom. The SMILES string of the molecule is CCc1cc(C(=O)Nc2ccc(-n3ccnc3C)cc2)n(-c2ccc3onc(N)c3c2)n1. The van der Waals surface area contributed by atoms with Gasteiger partial charge in [-0.15, -0.1) is 0 Å². The minimum absolute atomic E-state index is 0.262. The fraction of sp³-hybridized carbons (Fsp3) is 0.130. The number of aromatic nitrogens is 5. The van der Waals surface area contributed by atoms with Gasteiger partial charge in [0.05, 0.1) is 16.8 Å². The summed E-state index contributed by atoms with van der Waals surface area (Å²) in [6, 6.07) is 14.8. The predicted octanol–water partition coefficient (Wildman–Crippen LogP) is 3.90. The molecule has 3 N–H and O–H groups in total. The molecule has 0 aliphatic rings. The number of hydrogen-bond donors (Lipinski definition) is 2. The van der Waals surface area contributed by atoms with Gasteiger partial charge < -0.3 is 20.1 Å². The second-order valence-electron chi connectivity index (χ2n) is 7.38. The van der Waals surface area contributed by atoms with Crippen molar-refractivity contribution >= 4 is 28.4 Å². The van der Waals surface area contributed by atoms with Gasteiger partial charge in [-0.2, -0.15) is 5.10 Å². The Morgan fingerprint density at radius 1 is 1.12 bits per heavy atom. The molecule has 160 valence electrons. The Kier molecular flexibility index (Phi) is 4.70. The van der Waals surface area contributed by atoms with Gasteiger partial charge in [0.25, 0.3) is 5.91 Å². The van der Waals surface area contributed by atoms with E-state index in [1.54, 1.807) is 23.0 Å². The third-order valence-electron chi connectivity index (χ3n) is 5.31. The number of fused-ring (bicyclic) bond motifs is 1. The van der Waals surface area contributed by atoms with Crippen molar-refractivity contribution in [2.45, 2.75) is 20.3 Å². The molecule has 9 nitrogen and oxygen atoms in total. The second-order valence-corrected chi connectivity index (χ2v) is 7.38. The lowest BCUT2D eigenvalue weighted by Gasteiger charge is -2.10. The molecule has 5 rings (SSSR count). The molecule has 9 heteroatoms. The number of benzene rings is 2. The van der Waals surface area contributed by atoms with Crippen LogP contribution in [0.3, 0.4) is 0 Å². The number of imidazole rings is 1. The molecule has 0 saturated heterocycles. The van der Waals surface area contributed by atoms with Crippen molar-refractivity contribution in [3.05, 3.63) is 78.1 Å². The summed E-state index contributed by atoms with van der Waals surface area (Å²) in [6.45, 7) is 3.93. The minimum atomic E-state index is -0.262. The fourth-order valence-corrected chi connectivity index (χ4v) is 3.59. The van der Waals surface area contributed by atoms with Gasteiger partial charge >= 0.3 is 0 Å². The molecule has 1 amide bonds. The molecule has 0 radical (unpaired) electrons. The summed E-state index contributed by atoms with van der Waals surface area (Å²) in [5, 5.41) is 12.0. The van der Waals surface area contributed by atoms with E-state index in [0.717, 1.165) is 17.2 Å². The van der Waals surface area contributed by atoms with E-state index in [0.29, 0.717) is 40.3 Å². The molecular formula is C23H21N7O2. The zero-order chi connectivity index (χ0) is 22.2. The van der Waals surface area contributed by atoms with Crippen LogP contribution in [0.15, 0.2) is 65.4 Å². The van der Waals surface area contributed by atoms with Gasteiger partial charge in [0.2, 0.25) is 0 Å². The Bertz CT molecular complexity index is 1430. The summed E-state index contributed by atoms with van der Waals surface area (Å²) >= 11 is 0. The van der Waals surface area contributed by atoms with Crippen LogP contribution in [0.25, 0.3) is 22.3 Å². The van der Waals surface area contributed by atoms with Gasteiger partial charge in [0.1, 0.15) is 11.5 Å². The number of rotatable bonds is 5. The normalized spacial score (nSPS) is 11.2. The average molecular weight is 427 g/mol. The molecule has 0 fully saturated rings. The highest BCUT2D eigenvalue weighted by molar-refractivity contribution is 6.03. The van der Waals surface area contributed by atoms with Crippen molar-refractivity contribution in [1.29, 1.82) is 0 Å². The summed E-state index contributed by atoms with van der Waals surface area (Å²) in [4.78, 5) is 17.4. The summed E-state index contributed by atoms with van der Waals surface area (Å²) in [5.74, 6) is 0.925. The molecule has 3 aromatic heterocycles. The predicted molar refractivity (Wildman–Crippen MR) is 121 cm³/mol. The maximum absolute atomic E-state index is 13.1. The number of amides is 1. The smallest absolute Gasteiger partial charge is 0.274 e. The van der Waals surface area contributed by atoms with Crippen LogP contribution in [0, 0.1) is 6.92 Å². The van der Waals surface area contributed by atoms with Crippen LogP contribution in [0.4, 0.5) is 11.5 Å². The van der Waals surface area contributed by atoms with Gasteiger partial charge in [-0.3, -0.25) is 4.79 Å². The zero-order valence-corrected chi connectivity index (χ0v) is 17.6. The van der Waals surface area contributed by atoms with Crippen LogP contribution in [-0.2, 0) is 6.42 Å². The van der Waals surface area contributed by atoms with E-state index in [-0.39, 0.29) is 5.91 Å². The first-order valence-corrected chi connectivity index (χ1v) is 10.2. The van der Waals surface area contributed by atoms with Crippen LogP contribution in [0.5, 0.6) is 0 Å². The van der Waals surface area contributed by atoms with Crippen LogP contribution in [0.1, 0.15) is 28.9 Å². The first-order chi connectivity index (χ1) is 15.5. The summed E-state index contributed by atoms with van der Waals surface area (Å²) in [5.41, 5.74) is 10.0. The van der Waals surface area contributed by atoms with Crippen LogP contribution < -0.4 is 11.1 Å². The van der Waals surface area contributed by atoms with Crippen molar-refractivity contribution in [3.8, 4) is 11.4 Å². The minimum Gasteiger partial charge on any atom is -0.380 e. The Balaban J connectivity index is 1.45. The number of nitrogens with two attached hydrogens (primary N) is 1. The highest BCUT2D eigenvalue weighted by Gasteiger charge is 2.18. The molecule has 0 aliphatic heterocycles. The Hall–Kier alpha value is -4.40. The van der Waals surface area contributed by atoms with E-state index in [4.69, 9.17) is 10.3 Å². The van der Waals surface area contributed by atoms with E-state index in [2.05, 4.69) is 20.6 Å². The third-order valence-corrected chi connectivity index (χ3v) is 5.31. The number of nitrogen functional groups attached to an aromatic ring is 1. The fourth-order valence-electron chi connectivity index (χ4n) is 3.59. The van der Waals surface area contributed by atoms with Gasteiger partial charge in [0, 0.05) is 23.8 Å². The van der Waals surface area contributed by atoms with Crippen LogP contribution in [0.2, 0.25) is 0 Å². The Morgan fingerprint density at radius 2 is 1.91 bits per heavy atom. The van der Waals surface area contributed by atoms with Crippen molar-refractivity contribution in [2.75, 3.05) is 11.1 Å². The molecule has 2 aromatic carbocycles. The first-order valence-electron chi connectivity index (χ1n) is 10.2. The molecule has 0 bridgehead atoms. The van der Waals surface area contributed by atoms with Gasteiger partial charge in [-0.05, 0) is 61.9 Å². The number of carbonyl (C=O) groups is 1. The number of anilines is 2. The van der Waals surface area contributed by atoms with Gasteiger partial charge in [-0.1, -0.05) is 12.1 Å². The number of carbonyl (C=O) groups excluding carboxylic acids is 1. The Labute approximate surface area is 183 Å². The van der Waals surface area contributed by atoms with Crippen molar-refractivity contribution in [1.82, 2.24) is 24.5 Å². The molecule has 0 saturated carbocycles. The van der Waals surface area contributed by atoms with Crippen LogP contribution >= 0.6 is 0 Å². The number of nitrogens with one attached hydrogen (secondary N) is 1. The number of aryl methyl sites for hydroxylation is 2. The summed E-state index contributed by atoms with van der Waals surface area (Å²) in [6.07, 6.45) is 4.35. The lowest BCUT2D eigenvalue weighted by atomic mass is 10.2. The molecule has 5 aromatic rings. The van der Waals surface area contributed by atoms with Crippen molar-refractivity contribution in [3.63, 3.8) is 0 Å². The van der Waals surface area contributed by atoms with Crippen molar-refractivity contribution < 1.29 is 9.32 Å². The van der Waals surface area contributed by atoms with Gasteiger partial charge in [-0.25, -0.2) is 9.67 Å². The summed E-state index contributed by atoms with van der Waals surface area (Å²) < 4.78 is 8.76. The van der Waals surface area contributed by atoms with E-state index < -0.39 is 0 Å². The maximum Gasteiger partial charge on any atom is 0.274 e. The second kappa shape index (κ2) is 7.69. The monoisotopic (exact) mass is 427 g/mol. The molecule has 0 aliphatic carbocycles. The maximum atomic E-state index is 13.1. The van der Waals surface area contributed by atoms with E-state index in [1.165, 1.54) is 0 Å². The molecular weight excluding hydrogens is 406 g/mol. The van der Waals surface area contributed by atoms with E-state index >= 15 is 0 Å². The van der Waals surface area contributed by atoms with Gasteiger partial charge in [0.15, 0.2) is 11.4 Å². The number of nitrogens with zero attached hydrogens (tertiary/aromatic N) is 5. The quantitative estimate of drug-likeness (QED) is 0.439. The van der Waals surface area contributed by atoms with Crippen LogP contribution in [-0.4, -0.2) is 30.4 Å². The third kappa shape index (κ3) is 3.39. The highest BCUT2D eigenvalue weighted by atomic mass is 16.5. The molecule has 0 spiro atoms. The van der Waals surface area contributed by atoms with Crippen molar-refractivity contribution in [2.24, 2.45) is 0 Å². The molecule has 32 heavy (non-hydrogen) atoms. The zero-order valence-electron chi connectivity index (χ0n) is 17.6. The first kappa shape index (κ1) is 19.6. The van der Waals surface area contributed by atoms with E-state index in [9.17, 15) is 4.79 Å². The standard InChI is InChI=1S/C23H21N7O2/c1-3-15-12-20(30(27-15)18-8-9-21-19(13-18)22(24)28-32-21)23(31)26-16-4-6-17(7-5-16)29-11-10-25-14(29)2/h4-13H,3H2,1-2H3,(H2,24,28)(H,26,31). The number of hydrogen-bond acceptors (Lipinski definition) is 6. The largest absolute Gasteiger partial charge is 0.380 e. The highest BCUT2D eigenvalue weighted by Crippen LogP contribution is 2.25. The lowest BCUT2D eigenvalue weighted by Crippen LogP contribution is -2.17. The summed E-state index contributed by atoms with van der Waals surface area (Å²) in [7, 11) is 0.